The average Bonchev–Trinajstić information content (AvgIpc) is 2.80. The standard InChI is InChI=1S/C11H6N6O2/c1-7-9(17(18)19)2-3-11(15-7)16-6-14-8(4-12)10(16)5-13/h2-3,6H,1H3. The zero-order valence-electron chi connectivity index (χ0n) is 9.73. The van der Waals surface area contributed by atoms with Gasteiger partial charge in [0.25, 0.3) is 5.69 Å². The molecule has 0 fully saturated rings. The molecule has 0 N–H and O–H groups in total. The number of hydrogen-bond acceptors (Lipinski definition) is 6. The molecule has 0 aromatic carbocycles. The van der Waals surface area contributed by atoms with Crippen LogP contribution in [-0.4, -0.2) is 19.5 Å². The van der Waals surface area contributed by atoms with E-state index in [1.165, 1.54) is 30.0 Å². The van der Waals surface area contributed by atoms with Gasteiger partial charge >= 0.3 is 0 Å². The number of imidazole rings is 1. The summed E-state index contributed by atoms with van der Waals surface area (Å²) in [4.78, 5) is 18.0. The quantitative estimate of drug-likeness (QED) is 0.586. The lowest BCUT2D eigenvalue weighted by molar-refractivity contribution is -0.385. The van der Waals surface area contributed by atoms with Gasteiger partial charge in [-0.05, 0) is 13.0 Å². The molecule has 2 aromatic rings. The van der Waals surface area contributed by atoms with E-state index in [0.717, 1.165) is 0 Å². The summed E-state index contributed by atoms with van der Waals surface area (Å²) in [7, 11) is 0. The molecule has 92 valence electrons. The van der Waals surface area contributed by atoms with E-state index in [0.29, 0.717) is 5.82 Å². The van der Waals surface area contributed by atoms with Gasteiger partial charge in [0.2, 0.25) is 0 Å². The van der Waals surface area contributed by atoms with Gasteiger partial charge in [-0.25, -0.2) is 9.97 Å². The molecule has 0 aliphatic heterocycles. The van der Waals surface area contributed by atoms with E-state index in [1.54, 1.807) is 6.07 Å². The van der Waals surface area contributed by atoms with Gasteiger partial charge in [-0.3, -0.25) is 14.7 Å². The number of rotatable bonds is 2. The minimum absolute atomic E-state index is 0.0136. The van der Waals surface area contributed by atoms with Crippen molar-refractivity contribution in [2.75, 3.05) is 0 Å². The van der Waals surface area contributed by atoms with Crippen molar-refractivity contribution in [2.24, 2.45) is 0 Å². The van der Waals surface area contributed by atoms with Crippen LogP contribution < -0.4 is 0 Å². The first-order chi connectivity index (χ1) is 9.08. The Balaban J connectivity index is 2.59. The summed E-state index contributed by atoms with van der Waals surface area (Å²) in [5.41, 5.74) is 0.144. The molecular weight excluding hydrogens is 248 g/mol. The SMILES string of the molecule is Cc1nc(-n2cnc(C#N)c2C#N)ccc1[N+](=O)[O-]. The van der Waals surface area contributed by atoms with E-state index in [4.69, 9.17) is 10.5 Å². The Bertz CT molecular complexity index is 750. The topological polar surface area (TPSA) is 121 Å². The van der Waals surface area contributed by atoms with Crippen LogP contribution >= 0.6 is 0 Å². The van der Waals surface area contributed by atoms with E-state index in [-0.39, 0.29) is 22.8 Å². The molecule has 0 bridgehead atoms. The predicted octanol–water partition coefficient (Wildman–Crippen LogP) is 1.23. The van der Waals surface area contributed by atoms with Crippen LogP contribution in [0.5, 0.6) is 0 Å². The number of nitrogens with zero attached hydrogens (tertiary/aromatic N) is 6. The normalized spacial score (nSPS) is 9.63. The van der Waals surface area contributed by atoms with Crippen molar-refractivity contribution in [3.8, 4) is 18.0 Å². The van der Waals surface area contributed by atoms with Crippen LogP contribution in [0.1, 0.15) is 17.1 Å². The smallest absolute Gasteiger partial charge is 0.273 e. The molecule has 0 aliphatic carbocycles. The lowest BCUT2D eigenvalue weighted by Gasteiger charge is -2.03. The molecule has 2 heterocycles. The number of hydrogen-bond donors (Lipinski definition) is 0. The number of pyridine rings is 1. The summed E-state index contributed by atoms with van der Waals surface area (Å²) in [6.07, 6.45) is 1.28. The summed E-state index contributed by atoms with van der Waals surface area (Å²) in [5.74, 6) is 0.300. The van der Waals surface area contributed by atoms with Crippen molar-refractivity contribution in [1.82, 2.24) is 14.5 Å². The minimum Gasteiger partial charge on any atom is -0.273 e. The molecular formula is C11H6N6O2. The third-order valence-electron chi connectivity index (χ3n) is 2.47. The molecule has 2 aromatic heterocycles. The Kier molecular flexibility index (Phi) is 2.92. The van der Waals surface area contributed by atoms with Crippen LogP contribution in [0.15, 0.2) is 18.5 Å². The van der Waals surface area contributed by atoms with Crippen molar-refractivity contribution in [3.63, 3.8) is 0 Å². The summed E-state index contributed by atoms with van der Waals surface area (Å²) < 4.78 is 1.31. The van der Waals surface area contributed by atoms with E-state index in [1.807, 2.05) is 6.07 Å². The summed E-state index contributed by atoms with van der Waals surface area (Å²) >= 11 is 0. The molecule has 0 aliphatic rings. The molecule has 19 heavy (non-hydrogen) atoms. The largest absolute Gasteiger partial charge is 0.290 e. The minimum atomic E-state index is -0.536. The Morgan fingerprint density at radius 1 is 1.37 bits per heavy atom. The highest BCUT2D eigenvalue weighted by molar-refractivity contribution is 5.45. The Hall–Kier alpha value is -3.26. The molecule has 0 radical (unpaired) electrons. The van der Waals surface area contributed by atoms with E-state index >= 15 is 0 Å². The first kappa shape index (κ1) is 12.2. The number of aromatic nitrogens is 3. The van der Waals surface area contributed by atoms with E-state index in [2.05, 4.69) is 9.97 Å². The molecule has 0 saturated carbocycles. The number of nitro groups is 1. The lowest BCUT2D eigenvalue weighted by Crippen LogP contribution is -2.02. The van der Waals surface area contributed by atoms with Crippen LogP contribution in [0.2, 0.25) is 0 Å². The summed E-state index contributed by atoms with van der Waals surface area (Å²) in [5, 5.41) is 28.5. The molecule has 0 saturated heterocycles. The first-order valence-corrected chi connectivity index (χ1v) is 5.08. The second kappa shape index (κ2) is 4.55. The maximum Gasteiger partial charge on any atom is 0.290 e. The molecule has 0 spiro atoms. The Morgan fingerprint density at radius 3 is 2.63 bits per heavy atom. The second-order valence-electron chi connectivity index (χ2n) is 3.57. The van der Waals surface area contributed by atoms with E-state index in [9.17, 15) is 10.1 Å². The fraction of sp³-hybridized carbons (Fsp3) is 0.0909. The highest BCUT2D eigenvalue weighted by Gasteiger charge is 2.16. The Morgan fingerprint density at radius 2 is 2.11 bits per heavy atom. The predicted molar refractivity (Wildman–Crippen MR) is 62.2 cm³/mol. The van der Waals surface area contributed by atoms with Gasteiger partial charge in [-0.2, -0.15) is 10.5 Å². The zero-order valence-corrected chi connectivity index (χ0v) is 9.73. The fourth-order valence-corrected chi connectivity index (χ4v) is 1.58. The van der Waals surface area contributed by atoms with Crippen LogP contribution in [-0.2, 0) is 0 Å². The van der Waals surface area contributed by atoms with Gasteiger partial charge in [0, 0.05) is 6.07 Å². The third kappa shape index (κ3) is 1.98. The monoisotopic (exact) mass is 254 g/mol. The van der Waals surface area contributed by atoms with Crippen molar-refractivity contribution in [3.05, 3.63) is 45.7 Å². The molecule has 0 amide bonds. The first-order valence-electron chi connectivity index (χ1n) is 5.08. The lowest BCUT2D eigenvalue weighted by atomic mass is 10.3. The van der Waals surface area contributed by atoms with Gasteiger partial charge in [0.05, 0.1) is 4.92 Å². The van der Waals surface area contributed by atoms with Crippen molar-refractivity contribution in [1.29, 1.82) is 10.5 Å². The molecule has 8 heteroatoms. The number of nitriles is 2. The van der Waals surface area contributed by atoms with E-state index < -0.39 is 4.92 Å². The molecule has 0 unspecified atom stereocenters. The number of aryl methyl sites for hydroxylation is 1. The van der Waals surface area contributed by atoms with Crippen molar-refractivity contribution in [2.45, 2.75) is 6.92 Å². The molecule has 8 nitrogen and oxygen atoms in total. The maximum atomic E-state index is 10.7. The maximum absolute atomic E-state index is 10.7. The second-order valence-corrected chi connectivity index (χ2v) is 3.57. The van der Waals surface area contributed by atoms with Gasteiger partial charge in [-0.15, -0.1) is 0 Å². The Labute approximate surface area is 107 Å². The summed E-state index contributed by atoms with van der Waals surface area (Å²) in [6, 6.07) is 6.34. The highest BCUT2D eigenvalue weighted by Crippen LogP contribution is 2.19. The van der Waals surface area contributed by atoms with Gasteiger partial charge in [0.15, 0.2) is 11.4 Å². The van der Waals surface area contributed by atoms with Crippen LogP contribution in [0.4, 0.5) is 5.69 Å². The van der Waals surface area contributed by atoms with Gasteiger partial charge < -0.3 is 0 Å². The molecule has 0 atom stereocenters. The average molecular weight is 254 g/mol. The van der Waals surface area contributed by atoms with Crippen LogP contribution in [0.25, 0.3) is 5.82 Å². The molecule has 2 rings (SSSR count). The fourth-order valence-electron chi connectivity index (χ4n) is 1.58. The van der Waals surface area contributed by atoms with Crippen LogP contribution in [0, 0.1) is 39.7 Å². The highest BCUT2D eigenvalue weighted by atomic mass is 16.6. The van der Waals surface area contributed by atoms with Gasteiger partial charge in [-0.1, -0.05) is 0 Å². The zero-order chi connectivity index (χ0) is 14.0. The van der Waals surface area contributed by atoms with Crippen molar-refractivity contribution < 1.29 is 4.92 Å². The van der Waals surface area contributed by atoms with Gasteiger partial charge in [0.1, 0.15) is 30.0 Å². The summed E-state index contributed by atoms with van der Waals surface area (Å²) in [6.45, 7) is 1.50. The van der Waals surface area contributed by atoms with Crippen LogP contribution in [0.3, 0.4) is 0 Å². The third-order valence-corrected chi connectivity index (χ3v) is 2.47. The van der Waals surface area contributed by atoms with Crippen molar-refractivity contribution >= 4 is 5.69 Å².